The first-order valence-electron chi connectivity index (χ1n) is 4.99. The van der Waals surface area contributed by atoms with Crippen LogP contribution in [0.15, 0.2) is 10.7 Å². The van der Waals surface area contributed by atoms with Crippen LogP contribution in [0.4, 0.5) is 0 Å². The number of hydrogen-bond donors (Lipinski definition) is 1. The second-order valence-corrected chi connectivity index (χ2v) is 4.63. The summed E-state index contributed by atoms with van der Waals surface area (Å²) in [6.45, 7) is 0.769. The Kier molecular flexibility index (Phi) is 2.64. The lowest BCUT2D eigenvalue weighted by atomic mass is 10.2. The van der Waals surface area contributed by atoms with Crippen LogP contribution < -0.4 is 0 Å². The molecule has 2 aromatic rings. The van der Waals surface area contributed by atoms with Crippen molar-refractivity contribution >= 4 is 22.6 Å². The number of rotatable bonds is 2. The fourth-order valence-electron chi connectivity index (χ4n) is 1.67. The summed E-state index contributed by atoms with van der Waals surface area (Å²) in [5.74, 6) is 1.12. The standard InChI is InChI=1S/C9H9IN4O2/c10-7-5(4-11-13-7)8-12-9(16-14-8)6-2-1-3-15-6/h4,6H,1-3H2,(H,11,13). The quantitative estimate of drug-likeness (QED) is 0.850. The molecular weight excluding hydrogens is 323 g/mol. The van der Waals surface area contributed by atoms with Gasteiger partial charge in [-0.2, -0.15) is 10.1 Å². The lowest BCUT2D eigenvalue weighted by Gasteiger charge is -2.00. The molecule has 6 nitrogen and oxygen atoms in total. The highest BCUT2D eigenvalue weighted by Crippen LogP contribution is 2.29. The summed E-state index contributed by atoms with van der Waals surface area (Å²) in [4.78, 5) is 4.33. The summed E-state index contributed by atoms with van der Waals surface area (Å²) >= 11 is 2.15. The van der Waals surface area contributed by atoms with Gasteiger partial charge in [0.1, 0.15) is 9.80 Å². The van der Waals surface area contributed by atoms with E-state index in [0.717, 1.165) is 28.7 Å². The van der Waals surface area contributed by atoms with E-state index in [1.54, 1.807) is 6.20 Å². The molecule has 2 aromatic heterocycles. The Hall–Kier alpha value is -0.960. The van der Waals surface area contributed by atoms with Gasteiger partial charge in [-0.3, -0.25) is 5.10 Å². The van der Waals surface area contributed by atoms with Crippen LogP contribution in [0.1, 0.15) is 24.8 Å². The molecule has 1 fully saturated rings. The molecule has 1 aliphatic heterocycles. The van der Waals surface area contributed by atoms with Crippen LogP contribution in [-0.2, 0) is 4.74 Å². The van der Waals surface area contributed by atoms with E-state index in [4.69, 9.17) is 9.26 Å². The fourth-order valence-corrected chi connectivity index (χ4v) is 2.19. The number of nitrogens with one attached hydrogen (secondary N) is 1. The Morgan fingerprint density at radius 3 is 3.12 bits per heavy atom. The smallest absolute Gasteiger partial charge is 0.256 e. The Morgan fingerprint density at radius 1 is 1.50 bits per heavy atom. The van der Waals surface area contributed by atoms with Gasteiger partial charge in [-0.05, 0) is 35.4 Å². The highest BCUT2D eigenvalue weighted by atomic mass is 127. The molecule has 0 aromatic carbocycles. The number of nitrogens with zero attached hydrogens (tertiary/aromatic N) is 3. The minimum absolute atomic E-state index is 0.0363. The molecule has 1 saturated heterocycles. The molecule has 1 aliphatic rings. The van der Waals surface area contributed by atoms with Crippen molar-refractivity contribution in [2.75, 3.05) is 6.61 Å². The zero-order valence-electron chi connectivity index (χ0n) is 8.31. The molecule has 3 rings (SSSR count). The number of ether oxygens (including phenoxy) is 1. The van der Waals surface area contributed by atoms with Gasteiger partial charge in [0.2, 0.25) is 5.82 Å². The van der Waals surface area contributed by atoms with Gasteiger partial charge in [-0.25, -0.2) is 0 Å². The fraction of sp³-hybridized carbons (Fsp3) is 0.444. The van der Waals surface area contributed by atoms with E-state index >= 15 is 0 Å². The molecule has 0 spiro atoms. The molecule has 0 amide bonds. The van der Waals surface area contributed by atoms with Crippen molar-refractivity contribution in [2.24, 2.45) is 0 Å². The predicted molar refractivity (Wildman–Crippen MR) is 62.5 cm³/mol. The number of halogens is 1. The van der Waals surface area contributed by atoms with Crippen LogP contribution in [0, 0.1) is 3.70 Å². The van der Waals surface area contributed by atoms with Crippen molar-refractivity contribution in [2.45, 2.75) is 18.9 Å². The largest absolute Gasteiger partial charge is 0.368 e. The molecule has 84 valence electrons. The lowest BCUT2D eigenvalue weighted by molar-refractivity contribution is 0.0835. The average Bonchev–Trinajstić information content (AvgIpc) is 2.96. The molecule has 3 heterocycles. The minimum atomic E-state index is -0.0363. The van der Waals surface area contributed by atoms with Gasteiger partial charge < -0.3 is 9.26 Å². The number of aromatic nitrogens is 4. The third-order valence-corrected chi connectivity index (χ3v) is 3.30. The second-order valence-electron chi connectivity index (χ2n) is 3.56. The van der Waals surface area contributed by atoms with Crippen molar-refractivity contribution in [3.63, 3.8) is 0 Å². The van der Waals surface area contributed by atoms with Crippen molar-refractivity contribution in [1.82, 2.24) is 20.3 Å². The van der Waals surface area contributed by atoms with Gasteiger partial charge in [0.25, 0.3) is 5.89 Å². The highest BCUT2D eigenvalue weighted by molar-refractivity contribution is 14.1. The molecule has 1 N–H and O–H groups in total. The zero-order valence-corrected chi connectivity index (χ0v) is 10.5. The maximum Gasteiger partial charge on any atom is 0.256 e. The van der Waals surface area contributed by atoms with E-state index < -0.39 is 0 Å². The summed E-state index contributed by atoms with van der Waals surface area (Å²) in [5.41, 5.74) is 0.855. The molecule has 0 saturated carbocycles. The second kappa shape index (κ2) is 4.13. The first-order chi connectivity index (χ1) is 7.84. The average molecular weight is 332 g/mol. The topological polar surface area (TPSA) is 76.8 Å². The van der Waals surface area contributed by atoms with Crippen LogP contribution in [0.2, 0.25) is 0 Å². The summed E-state index contributed by atoms with van der Waals surface area (Å²) < 4.78 is 11.6. The summed E-state index contributed by atoms with van der Waals surface area (Å²) in [6.07, 6.45) is 3.65. The van der Waals surface area contributed by atoms with Crippen LogP contribution in [0.3, 0.4) is 0 Å². The molecule has 0 aliphatic carbocycles. The predicted octanol–water partition coefficient (Wildman–Crippen LogP) is 1.92. The number of aromatic amines is 1. The number of hydrogen-bond acceptors (Lipinski definition) is 5. The Balaban J connectivity index is 1.90. The van der Waals surface area contributed by atoms with Gasteiger partial charge in [0.05, 0.1) is 11.8 Å². The monoisotopic (exact) mass is 332 g/mol. The molecule has 16 heavy (non-hydrogen) atoms. The van der Waals surface area contributed by atoms with Crippen LogP contribution in [0.5, 0.6) is 0 Å². The van der Waals surface area contributed by atoms with Gasteiger partial charge >= 0.3 is 0 Å². The van der Waals surface area contributed by atoms with Gasteiger partial charge in [-0.15, -0.1) is 0 Å². The van der Waals surface area contributed by atoms with Gasteiger partial charge in [0, 0.05) is 6.61 Å². The third-order valence-electron chi connectivity index (χ3n) is 2.48. The molecule has 0 bridgehead atoms. The van der Waals surface area contributed by atoms with E-state index in [9.17, 15) is 0 Å². The van der Waals surface area contributed by atoms with E-state index in [1.165, 1.54) is 0 Å². The van der Waals surface area contributed by atoms with Crippen molar-refractivity contribution in [3.05, 3.63) is 15.8 Å². The Labute approximate surface area is 105 Å². The van der Waals surface area contributed by atoms with E-state index in [1.807, 2.05) is 0 Å². The number of H-pyrrole nitrogens is 1. The van der Waals surface area contributed by atoms with Crippen LogP contribution in [-0.4, -0.2) is 26.9 Å². The molecular formula is C9H9IN4O2. The van der Waals surface area contributed by atoms with Crippen molar-refractivity contribution in [1.29, 1.82) is 0 Å². The summed E-state index contributed by atoms with van der Waals surface area (Å²) in [5, 5.41) is 10.7. The van der Waals surface area contributed by atoms with Crippen LogP contribution in [0.25, 0.3) is 11.4 Å². The molecule has 7 heteroatoms. The maximum absolute atomic E-state index is 5.48. The van der Waals surface area contributed by atoms with Crippen LogP contribution >= 0.6 is 22.6 Å². The van der Waals surface area contributed by atoms with E-state index in [2.05, 4.69) is 42.9 Å². The highest BCUT2D eigenvalue weighted by Gasteiger charge is 2.24. The Morgan fingerprint density at radius 2 is 2.44 bits per heavy atom. The zero-order chi connectivity index (χ0) is 11.0. The summed E-state index contributed by atoms with van der Waals surface area (Å²) in [6, 6.07) is 0. The van der Waals surface area contributed by atoms with Crippen molar-refractivity contribution < 1.29 is 9.26 Å². The Bertz CT molecular complexity index is 489. The lowest BCUT2D eigenvalue weighted by Crippen LogP contribution is -1.95. The summed E-state index contributed by atoms with van der Waals surface area (Å²) in [7, 11) is 0. The first kappa shape index (κ1) is 10.2. The SMILES string of the molecule is Ic1[nH]ncc1-c1noc(C2CCCO2)n1. The first-order valence-corrected chi connectivity index (χ1v) is 6.07. The molecule has 0 radical (unpaired) electrons. The normalized spacial score (nSPS) is 20.4. The van der Waals surface area contributed by atoms with Gasteiger partial charge in [-0.1, -0.05) is 5.16 Å². The van der Waals surface area contributed by atoms with E-state index in [-0.39, 0.29) is 6.10 Å². The van der Waals surface area contributed by atoms with Crippen molar-refractivity contribution in [3.8, 4) is 11.4 Å². The maximum atomic E-state index is 5.48. The molecule has 1 atom stereocenters. The van der Waals surface area contributed by atoms with E-state index in [0.29, 0.717) is 11.7 Å². The third kappa shape index (κ3) is 1.73. The molecule has 1 unspecified atom stereocenters. The minimum Gasteiger partial charge on any atom is -0.368 e. The van der Waals surface area contributed by atoms with Gasteiger partial charge in [0.15, 0.2) is 0 Å².